The Balaban J connectivity index is 1.33. The lowest BCUT2D eigenvalue weighted by Gasteiger charge is -2.28. The van der Waals surface area contributed by atoms with E-state index in [0.29, 0.717) is 12.3 Å². The van der Waals surface area contributed by atoms with E-state index in [1.54, 1.807) is 16.7 Å². The lowest BCUT2D eigenvalue weighted by molar-refractivity contribution is -0.117. The number of benzene rings is 3. The van der Waals surface area contributed by atoms with Crippen LogP contribution >= 0.6 is 11.8 Å². The maximum atomic E-state index is 12.4. The highest BCUT2D eigenvalue weighted by molar-refractivity contribution is 8.00. The van der Waals surface area contributed by atoms with E-state index in [1.807, 2.05) is 78.9 Å². The molecule has 0 atom stereocenters. The van der Waals surface area contributed by atoms with Crippen LogP contribution in [0, 0.1) is 0 Å². The molecule has 0 fully saturated rings. The third-order valence-corrected chi connectivity index (χ3v) is 5.65. The number of nitrogens with one attached hydrogen (secondary N) is 2. The molecule has 0 aromatic heterocycles. The van der Waals surface area contributed by atoms with Gasteiger partial charge in [-0.15, -0.1) is 11.8 Å². The summed E-state index contributed by atoms with van der Waals surface area (Å²) in [6.07, 6.45) is 0.245. The summed E-state index contributed by atoms with van der Waals surface area (Å²) in [5.74, 6) is 0.337. The smallest absolute Gasteiger partial charge is 0.237 e. The lowest BCUT2D eigenvalue weighted by atomic mass is 10.2. The summed E-state index contributed by atoms with van der Waals surface area (Å²) in [7, 11) is 0. The van der Waals surface area contributed by atoms with Crippen LogP contribution in [0.2, 0.25) is 0 Å². The fourth-order valence-corrected chi connectivity index (χ4v) is 4.10. The van der Waals surface area contributed by atoms with Crippen molar-refractivity contribution in [3.05, 3.63) is 78.9 Å². The van der Waals surface area contributed by atoms with Gasteiger partial charge in [0.15, 0.2) is 0 Å². The minimum atomic E-state index is -0.114. The average molecular weight is 404 g/mol. The minimum absolute atomic E-state index is 0.0397. The van der Waals surface area contributed by atoms with Crippen molar-refractivity contribution in [2.24, 2.45) is 0 Å². The van der Waals surface area contributed by atoms with Crippen molar-refractivity contribution in [2.75, 3.05) is 27.8 Å². The largest absolute Gasteiger partial charge is 0.356 e. The first-order chi connectivity index (χ1) is 14.2. The summed E-state index contributed by atoms with van der Waals surface area (Å²) in [5.41, 5.74) is 3.57. The zero-order valence-corrected chi connectivity index (χ0v) is 16.6. The molecule has 1 heterocycles. The molecule has 0 saturated carbocycles. The van der Waals surface area contributed by atoms with Gasteiger partial charge in [0.2, 0.25) is 11.8 Å². The molecule has 1 aliphatic heterocycles. The van der Waals surface area contributed by atoms with Crippen LogP contribution in [0.25, 0.3) is 0 Å². The number of fused-ring (bicyclic) bond motifs is 1. The van der Waals surface area contributed by atoms with Crippen LogP contribution in [-0.4, -0.2) is 24.1 Å². The van der Waals surface area contributed by atoms with Crippen molar-refractivity contribution < 1.29 is 9.59 Å². The molecule has 5 nitrogen and oxygen atoms in total. The number of thioether (sulfide) groups is 1. The Bertz CT molecular complexity index is 1010. The third kappa shape index (κ3) is 4.78. The van der Waals surface area contributed by atoms with E-state index in [1.165, 1.54) is 0 Å². The highest BCUT2D eigenvalue weighted by Gasteiger charge is 2.24. The second-order valence-electron chi connectivity index (χ2n) is 6.67. The monoisotopic (exact) mass is 403 g/mol. The van der Waals surface area contributed by atoms with Gasteiger partial charge in [0.25, 0.3) is 0 Å². The zero-order chi connectivity index (χ0) is 20.1. The van der Waals surface area contributed by atoms with Crippen molar-refractivity contribution in [1.29, 1.82) is 0 Å². The fourth-order valence-electron chi connectivity index (χ4n) is 3.16. The van der Waals surface area contributed by atoms with Crippen molar-refractivity contribution in [3.63, 3.8) is 0 Å². The molecule has 146 valence electrons. The number of hydrogen-bond donors (Lipinski definition) is 2. The molecule has 0 unspecified atom stereocenters. The van der Waals surface area contributed by atoms with Crippen LogP contribution in [-0.2, 0) is 9.59 Å². The third-order valence-electron chi connectivity index (χ3n) is 4.60. The molecular weight excluding hydrogens is 382 g/mol. The Morgan fingerprint density at radius 1 is 0.862 bits per heavy atom. The van der Waals surface area contributed by atoms with Gasteiger partial charge in [0.05, 0.1) is 11.4 Å². The molecule has 3 aromatic carbocycles. The van der Waals surface area contributed by atoms with E-state index < -0.39 is 0 Å². The first-order valence-electron chi connectivity index (χ1n) is 9.43. The van der Waals surface area contributed by atoms with Crippen LogP contribution < -0.4 is 15.5 Å². The Labute approximate surface area is 174 Å². The number of hydrogen-bond acceptors (Lipinski definition) is 4. The van der Waals surface area contributed by atoms with Crippen molar-refractivity contribution in [2.45, 2.75) is 11.3 Å². The van der Waals surface area contributed by atoms with Gasteiger partial charge >= 0.3 is 0 Å². The maximum absolute atomic E-state index is 12.4. The lowest BCUT2D eigenvalue weighted by Crippen LogP contribution is -2.37. The topological polar surface area (TPSA) is 61.4 Å². The van der Waals surface area contributed by atoms with Gasteiger partial charge in [-0.2, -0.15) is 0 Å². The van der Waals surface area contributed by atoms with Gasteiger partial charge in [0.1, 0.15) is 0 Å². The quantitative estimate of drug-likeness (QED) is 0.615. The Kier molecular flexibility index (Phi) is 5.81. The molecule has 2 amide bonds. The van der Waals surface area contributed by atoms with E-state index in [9.17, 15) is 9.59 Å². The molecule has 3 aromatic rings. The van der Waals surface area contributed by atoms with Gasteiger partial charge < -0.3 is 15.5 Å². The molecule has 0 aliphatic carbocycles. The first kappa shape index (κ1) is 19.1. The number of carbonyl (C=O) groups excluding carboxylic acids is 2. The molecule has 0 saturated heterocycles. The zero-order valence-electron chi connectivity index (χ0n) is 15.8. The molecule has 1 aliphatic rings. The first-order valence-corrected chi connectivity index (χ1v) is 10.4. The van der Waals surface area contributed by atoms with E-state index in [-0.39, 0.29) is 18.2 Å². The molecule has 0 spiro atoms. The van der Waals surface area contributed by atoms with Crippen LogP contribution in [0.15, 0.2) is 83.8 Å². The second kappa shape index (κ2) is 8.84. The number of para-hydroxylation sites is 2. The van der Waals surface area contributed by atoms with Crippen molar-refractivity contribution >= 4 is 46.3 Å². The normalized spacial score (nSPS) is 13.0. The second-order valence-corrected chi connectivity index (χ2v) is 7.69. The van der Waals surface area contributed by atoms with E-state index in [0.717, 1.165) is 27.6 Å². The summed E-state index contributed by atoms with van der Waals surface area (Å²) in [5, 5.41) is 6.21. The summed E-state index contributed by atoms with van der Waals surface area (Å²) in [6, 6.07) is 25.3. The molecule has 0 bridgehead atoms. The number of rotatable bonds is 6. The standard InChI is InChI=1S/C23H21N3O2S/c27-22(14-15-26-20-8-4-5-9-21(20)29-16-23(26)28)25-19-12-10-18(11-13-19)24-17-6-2-1-3-7-17/h1-13,24H,14-16H2,(H,25,27). The molecule has 6 heteroatoms. The Hall–Kier alpha value is -3.25. The summed E-state index contributed by atoms with van der Waals surface area (Å²) >= 11 is 1.54. The van der Waals surface area contributed by atoms with Gasteiger partial charge in [-0.05, 0) is 48.5 Å². The molecular formula is C23H21N3O2S. The summed E-state index contributed by atoms with van der Waals surface area (Å²) < 4.78 is 0. The number of amides is 2. The minimum Gasteiger partial charge on any atom is -0.356 e. The molecule has 29 heavy (non-hydrogen) atoms. The molecule has 2 N–H and O–H groups in total. The van der Waals surface area contributed by atoms with Crippen LogP contribution in [0.4, 0.5) is 22.7 Å². The Morgan fingerprint density at radius 3 is 2.31 bits per heavy atom. The van der Waals surface area contributed by atoms with E-state index >= 15 is 0 Å². The Morgan fingerprint density at radius 2 is 1.52 bits per heavy atom. The average Bonchev–Trinajstić information content (AvgIpc) is 2.75. The fraction of sp³-hybridized carbons (Fsp3) is 0.130. The molecule has 4 rings (SSSR count). The van der Waals surface area contributed by atoms with Gasteiger partial charge in [-0.3, -0.25) is 9.59 Å². The maximum Gasteiger partial charge on any atom is 0.237 e. The van der Waals surface area contributed by atoms with Crippen molar-refractivity contribution in [3.8, 4) is 0 Å². The number of nitrogens with zero attached hydrogens (tertiary/aromatic N) is 1. The van der Waals surface area contributed by atoms with Crippen LogP contribution in [0.1, 0.15) is 6.42 Å². The van der Waals surface area contributed by atoms with Crippen LogP contribution in [0.3, 0.4) is 0 Å². The van der Waals surface area contributed by atoms with Gasteiger partial charge in [0, 0.05) is 34.9 Å². The summed E-state index contributed by atoms with van der Waals surface area (Å²) in [6.45, 7) is 0.371. The summed E-state index contributed by atoms with van der Waals surface area (Å²) in [4.78, 5) is 27.4. The SMILES string of the molecule is O=C(CCN1C(=O)CSc2ccccc21)Nc1ccc(Nc2ccccc2)cc1. The number of carbonyl (C=O) groups is 2. The highest BCUT2D eigenvalue weighted by atomic mass is 32.2. The van der Waals surface area contributed by atoms with Gasteiger partial charge in [-0.25, -0.2) is 0 Å². The van der Waals surface area contributed by atoms with Gasteiger partial charge in [-0.1, -0.05) is 30.3 Å². The highest BCUT2D eigenvalue weighted by Crippen LogP contribution is 2.34. The predicted molar refractivity (Wildman–Crippen MR) is 119 cm³/mol. The number of anilines is 4. The molecule has 0 radical (unpaired) electrons. The van der Waals surface area contributed by atoms with Crippen molar-refractivity contribution in [1.82, 2.24) is 0 Å². The van der Waals surface area contributed by atoms with E-state index in [2.05, 4.69) is 10.6 Å². The van der Waals surface area contributed by atoms with E-state index in [4.69, 9.17) is 0 Å². The van der Waals surface area contributed by atoms with Crippen LogP contribution in [0.5, 0.6) is 0 Å². The predicted octanol–water partition coefficient (Wildman–Crippen LogP) is 4.90.